The van der Waals surface area contributed by atoms with Crippen molar-refractivity contribution in [1.82, 2.24) is 19.1 Å². The molecule has 1 saturated carbocycles. The number of carbonyl (C=O) groups is 1. The standard InChI is InChI=1S/C20H16FN5O3S/c21-14-5-12-17(27)13(20(28)29)8-26(11-1-2-11)18(12)24-19(14)25-4-3-10(7-25)15-9-30-16(6-22)23-15/h3-5,7-9,11H,1-2,6,22H2,(H,28,29). The number of pyridine rings is 2. The van der Waals surface area contributed by atoms with Crippen molar-refractivity contribution in [3.05, 3.63) is 62.7 Å². The summed E-state index contributed by atoms with van der Waals surface area (Å²) in [5.74, 6) is -2.02. The average Bonchev–Trinajstić information content (AvgIpc) is 3.25. The molecule has 0 atom stereocenters. The molecule has 0 radical (unpaired) electrons. The molecule has 5 rings (SSSR count). The van der Waals surface area contributed by atoms with Crippen molar-refractivity contribution in [3.63, 3.8) is 0 Å². The van der Waals surface area contributed by atoms with Gasteiger partial charge in [-0.25, -0.2) is 19.2 Å². The van der Waals surface area contributed by atoms with Crippen LogP contribution in [0.15, 0.2) is 40.9 Å². The lowest BCUT2D eigenvalue weighted by molar-refractivity contribution is 0.0695. The summed E-state index contributed by atoms with van der Waals surface area (Å²) in [7, 11) is 0. The highest BCUT2D eigenvalue weighted by molar-refractivity contribution is 7.09. The maximum Gasteiger partial charge on any atom is 0.341 e. The first kappa shape index (κ1) is 18.6. The van der Waals surface area contributed by atoms with Gasteiger partial charge in [0, 0.05) is 42.1 Å². The van der Waals surface area contributed by atoms with Crippen LogP contribution in [0.2, 0.25) is 0 Å². The molecule has 4 aromatic heterocycles. The Balaban J connectivity index is 1.66. The Morgan fingerprint density at radius 2 is 2.13 bits per heavy atom. The molecule has 0 bridgehead atoms. The number of fused-ring (bicyclic) bond motifs is 1. The van der Waals surface area contributed by atoms with Crippen molar-refractivity contribution in [2.45, 2.75) is 25.4 Å². The number of nitrogens with two attached hydrogens (primary N) is 1. The van der Waals surface area contributed by atoms with E-state index in [0.29, 0.717) is 6.54 Å². The molecule has 1 aliphatic rings. The molecule has 1 aliphatic carbocycles. The number of carboxylic acids is 1. The molecular weight excluding hydrogens is 409 g/mol. The van der Waals surface area contributed by atoms with Crippen molar-refractivity contribution in [1.29, 1.82) is 0 Å². The van der Waals surface area contributed by atoms with E-state index in [4.69, 9.17) is 5.73 Å². The molecule has 0 amide bonds. The first-order valence-corrected chi connectivity index (χ1v) is 10.2. The minimum atomic E-state index is -1.34. The number of carboxylic acid groups (broad SMARTS) is 1. The number of hydrogen-bond acceptors (Lipinski definition) is 6. The fourth-order valence-electron chi connectivity index (χ4n) is 3.42. The van der Waals surface area contributed by atoms with Crippen LogP contribution in [0.3, 0.4) is 0 Å². The van der Waals surface area contributed by atoms with Gasteiger partial charge in [0.25, 0.3) is 0 Å². The van der Waals surface area contributed by atoms with Gasteiger partial charge in [0.05, 0.1) is 11.1 Å². The lowest BCUT2D eigenvalue weighted by Gasteiger charge is -2.13. The fourth-order valence-corrected chi connectivity index (χ4v) is 4.10. The third-order valence-electron chi connectivity index (χ3n) is 5.07. The molecular formula is C20H16FN5O3S. The maximum absolute atomic E-state index is 14.9. The molecule has 4 aromatic rings. The molecule has 10 heteroatoms. The van der Waals surface area contributed by atoms with Crippen LogP contribution in [0.5, 0.6) is 0 Å². The monoisotopic (exact) mass is 425 g/mol. The molecule has 0 saturated heterocycles. The number of aromatic nitrogens is 4. The van der Waals surface area contributed by atoms with Gasteiger partial charge in [-0.15, -0.1) is 11.3 Å². The third kappa shape index (κ3) is 3.01. The second-order valence-electron chi connectivity index (χ2n) is 7.12. The molecule has 30 heavy (non-hydrogen) atoms. The molecule has 0 spiro atoms. The maximum atomic E-state index is 14.9. The largest absolute Gasteiger partial charge is 0.477 e. The second-order valence-corrected chi connectivity index (χ2v) is 8.06. The molecule has 0 aromatic carbocycles. The van der Waals surface area contributed by atoms with Gasteiger partial charge in [0.1, 0.15) is 16.2 Å². The average molecular weight is 425 g/mol. The Kier molecular flexibility index (Phi) is 4.26. The van der Waals surface area contributed by atoms with E-state index in [1.165, 1.54) is 22.1 Å². The number of halogens is 1. The van der Waals surface area contributed by atoms with Crippen molar-refractivity contribution in [2.24, 2.45) is 5.73 Å². The molecule has 0 unspecified atom stereocenters. The van der Waals surface area contributed by atoms with E-state index in [0.717, 1.165) is 35.2 Å². The fraction of sp³-hybridized carbons (Fsp3) is 0.200. The van der Waals surface area contributed by atoms with Gasteiger partial charge in [-0.3, -0.25) is 4.79 Å². The minimum absolute atomic E-state index is 0.0277. The first-order valence-electron chi connectivity index (χ1n) is 9.28. The second kappa shape index (κ2) is 6.85. The number of nitrogens with zero attached hydrogens (tertiary/aromatic N) is 4. The Morgan fingerprint density at radius 1 is 1.33 bits per heavy atom. The first-order chi connectivity index (χ1) is 14.5. The Bertz CT molecular complexity index is 1370. The number of aromatic carboxylic acids is 1. The normalized spacial score (nSPS) is 13.8. The van der Waals surface area contributed by atoms with Gasteiger partial charge in [0.2, 0.25) is 5.43 Å². The van der Waals surface area contributed by atoms with E-state index in [9.17, 15) is 19.1 Å². The zero-order chi connectivity index (χ0) is 21.0. The van der Waals surface area contributed by atoms with Crippen molar-refractivity contribution < 1.29 is 14.3 Å². The number of thiazole rings is 1. The predicted octanol–water partition coefficient (Wildman–Crippen LogP) is 2.94. The molecule has 152 valence electrons. The van der Waals surface area contributed by atoms with Crippen LogP contribution in [0, 0.1) is 5.82 Å². The van der Waals surface area contributed by atoms with Crippen LogP contribution in [0.1, 0.15) is 34.2 Å². The van der Waals surface area contributed by atoms with E-state index in [2.05, 4.69) is 9.97 Å². The highest BCUT2D eigenvalue weighted by Gasteiger charge is 2.28. The van der Waals surface area contributed by atoms with E-state index in [1.54, 1.807) is 23.0 Å². The SMILES string of the molecule is NCc1nc(-c2ccn(-c3nc4c(cc3F)c(=O)c(C(=O)O)cn4C3CC3)c2)cs1. The van der Waals surface area contributed by atoms with Crippen molar-refractivity contribution in [3.8, 4) is 17.1 Å². The number of hydrogen-bond donors (Lipinski definition) is 2. The van der Waals surface area contributed by atoms with Crippen LogP contribution in [0.25, 0.3) is 28.1 Å². The van der Waals surface area contributed by atoms with Crippen molar-refractivity contribution in [2.75, 3.05) is 0 Å². The van der Waals surface area contributed by atoms with E-state index < -0.39 is 17.2 Å². The Hall–Kier alpha value is -3.37. The van der Waals surface area contributed by atoms with Crippen LogP contribution < -0.4 is 11.2 Å². The van der Waals surface area contributed by atoms with Crippen LogP contribution in [-0.2, 0) is 6.54 Å². The zero-order valence-corrected chi connectivity index (χ0v) is 16.4. The topological polar surface area (TPSA) is 116 Å². The Morgan fingerprint density at radius 3 is 2.80 bits per heavy atom. The van der Waals surface area contributed by atoms with Crippen molar-refractivity contribution >= 4 is 28.3 Å². The van der Waals surface area contributed by atoms with Crippen LogP contribution in [0.4, 0.5) is 4.39 Å². The molecule has 0 aliphatic heterocycles. The van der Waals surface area contributed by atoms with E-state index in [-0.39, 0.29) is 28.5 Å². The highest BCUT2D eigenvalue weighted by Crippen LogP contribution is 2.37. The van der Waals surface area contributed by atoms with Crippen LogP contribution in [-0.4, -0.2) is 30.2 Å². The summed E-state index contributed by atoms with van der Waals surface area (Å²) in [6.07, 6.45) is 6.39. The van der Waals surface area contributed by atoms with Gasteiger partial charge >= 0.3 is 5.97 Å². The number of rotatable bonds is 5. The summed E-state index contributed by atoms with van der Waals surface area (Å²) in [4.78, 5) is 32.9. The van der Waals surface area contributed by atoms with Gasteiger partial charge in [-0.2, -0.15) is 0 Å². The van der Waals surface area contributed by atoms with Gasteiger partial charge in [0.15, 0.2) is 11.6 Å². The molecule has 3 N–H and O–H groups in total. The smallest absolute Gasteiger partial charge is 0.341 e. The zero-order valence-electron chi connectivity index (χ0n) is 15.6. The summed E-state index contributed by atoms with van der Waals surface area (Å²) in [5.41, 5.74) is 6.29. The highest BCUT2D eigenvalue weighted by atomic mass is 32.1. The third-order valence-corrected chi connectivity index (χ3v) is 5.94. The molecule has 1 fully saturated rings. The van der Waals surface area contributed by atoms with Gasteiger partial charge < -0.3 is 20.0 Å². The van der Waals surface area contributed by atoms with Crippen LogP contribution >= 0.6 is 11.3 Å². The van der Waals surface area contributed by atoms with Gasteiger partial charge in [-0.05, 0) is 25.0 Å². The lowest BCUT2D eigenvalue weighted by atomic mass is 10.2. The molecule has 4 heterocycles. The Labute approximate surface area is 173 Å². The summed E-state index contributed by atoms with van der Waals surface area (Å²) in [5, 5.41) is 12.0. The predicted molar refractivity (Wildman–Crippen MR) is 110 cm³/mol. The summed E-state index contributed by atoms with van der Waals surface area (Å²) < 4.78 is 18.1. The van der Waals surface area contributed by atoms with E-state index in [1.807, 2.05) is 5.38 Å². The lowest BCUT2D eigenvalue weighted by Crippen LogP contribution is -2.20. The quantitative estimate of drug-likeness (QED) is 0.508. The van der Waals surface area contributed by atoms with E-state index >= 15 is 0 Å². The molecule has 8 nitrogen and oxygen atoms in total. The van der Waals surface area contributed by atoms with Gasteiger partial charge in [-0.1, -0.05) is 0 Å². The minimum Gasteiger partial charge on any atom is -0.477 e. The summed E-state index contributed by atoms with van der Waals surface area (Å²) in [6, 6.07) is 2.92. The summed E-state index contributed by atoms with van der Waals surface area (Å²) in [6.45, 7) is 0.350. The summed E-state index contributed by atoms with van der Waals surface area (Å²) >= 11 is 1.45.